The minimum atomic E-state index is -0.448. The molecule has 0 radical (unpaired) electrons. The molecule has 0 fully saturated rings. The number of rotatable bonds is 5. The smallest absolute Gasteiger partial charge is 0.270 e. The van der Waals surface area contributed by atoms with E-state index in [1.165, 1.54) is 12.7 Å². The molecule has 2 aromatic heterocycles. The van der Waals surface area contributed by atoms with Crippen LogP contribution in [0.4, 0.5) is 0 Å². The van der Waals surface area contributed by atoms with Crippen LogP contribution >= 0.6 is 0 Å². The summed E-state index contributed by atoms with van der Waals surface area (Å²) in [6.07, 6.45) is 2.62. The highest BCUT2D eigenvalue weighted by molar-refractivity contribution is 5.91. The van der Waals surface area contributed by atoms with Crippen molar-refractivity contribution in [3.05, 3.63) is 70.8 Å². The molecule has 8 nitrogen and oxygen atoms in total. The summed E-state index contributed by atoms with van der Waals surface area (Å²) >= 11 is 0. The average Bonchev–Trinajstić information content (AvgIpc) is 2.66. The molecule has 0 aliphatic rings. The number of carbonyl (C=O) groups excluding carboxylic acids is 1. The van der Waals surface area contributed by atoms with Gasteiger partial charge in [0.1, 0.15) is 17.8 Å². The molecule has 2 heterocycles. The molecule has 8 heteroatoms. The van der Waals surface area contributed by atoms with Gasteiger partial charge in [-0.05, 0) is 30.3 Å². The summed E-state index contributed by atoms with van der Waals surface area (Å²) in [7, 11) is 1.61. The van der Waals surface area contributed by atoms with E-state index in [-0.39, 0.29) is 17.8 Å². The lowest BCUT2D eigenvalue weighted by Gasteiger charge is -2.06. The second-order valence-electron chi connectivity index (χ2n) is 5.10. The third-order valence-electron chi connectivity index (χ3n) is 3.45. The molecule has 2 N–H and O–H groups in total. The second kappa shape index (κ2) is 7.35. The average molecular weight is 337 g/mol. The lowest BCUT2D eigenvalue weighted by Crippen LogP contribution is -2.26. The Morgan fingerprint density at radius 2 is 1.96 bits per heavy atom. The number of nitrogens with one attached hydrogen (secondary N) is 2. The number of methoxy groups -OCH3 is 1. The van der Waals surface area contributed by atoms with Crippen LogP contribution in [0.1, 0.15) is 16.2 Å². The van der Waals surface area contributed by atoms with Gasteiger partial charge in [0.05, 0.1) is 31.4 Å². The minimum absolute atomic E-state index is 0.0492. The van der Waals surface area contributed by atoms with E-state index in [4.69, 9.17) is 4.74 Å². The first kappa shape index (κ1) is 16.3. The zero-order chi connectivity index (χ0) is 17.6. The highest BCUT2D eigenvalue weighted by Crippen LogP contribution is 2.20. The second-order valence-corrected chi connectivity index (χ2v) is 5.10. The van der Waals surface area contributed by atoms with Gasteiger partial charge >= 0.3 is 0 Å². The van der Waals surface area contributed by atoms with Gasteiger partial charge in [0.15, 0.2) is 0 Å². The number of hydrogen-bond donors (Lipinski definition) is 2. The van der Waals surface area contributed by atoms with Crippen molar-refractivity contribution in [3.63, 3.8) is 0 Å². The molecule has 3 aromatic rings. The topological polar surface area (TPSA) is 110 Å². The summed E-state index contributed by atoms with van der Waals surface area (Å²) in [5, 5.41) is 2.67. The van der Waals surface area contributed by atoms with E-state index in [0.717, 1.165) is 23.1 Å². The van der Waals surface area contributed by atoms with E-state index in [9.17, 15) is 9.59 Å². The van der Waals surface area contributed by atoms with Crippen molar-refractivity contribution in [2.24, 2.45) is 0 Å². The Morgan fingerprint density at radius 3 is 2.68 bits per heavy atom. The van der Waals surface area contributed by atoms with Crippen LogP contribution in [0.5, 0.6) is 5.75 Å². The molecular weight excluding hydrogens is 322 g/mol. The zero-order valence-corrected chi connectivity index (χ0v) is 13.4. The standard InChI is InChI=1S/C17H15N5O3/c1-25-13-4-2-11(3-5-13)14-6-12(19-9-20-14)8-18-17(24)15-7-16(23)22-10-21-15/h2-7,9-10H,8H2,1H3,(H,18,24)(H,21,22,23). The van der Waals surface area contributed by atoms with Gasteiger partial charge in [-0.2, -0.15) is 0 Å². The first-order chi connectivity index (χ1) is 12.2. The Bertz CT molecular complexity index is 937. The fraction of sp³-hybridized carbons (Fsp3) is 0.118. The van der Waals surface area contributed by atoms with E-state index in [0.29, 0.717) is 5.69 Å². The van der Waals surface area contributed by atoms with E-state index in [2.05, 4.69) is 25.3 Å². The highest BCUT2D eigenvalue weighted by Gasteiger charge is 2.09. The fourth-order valence-electron chi connectivity index (χ4n) is 2.17. The van der Waals surface area contributed by atoms with Gasteiger partial charge in [0.25, 0.3) is 11.5 Å². The summed E-state index contributed by atoms with van der Waals surface area (Å²) in [5.74, 6) is 0.311. The minimum Gasteiger partial charge on any atom is -0.497 e. The van der Waals surface area contributed by atoms with Gasteiger partial charge in [-0.25, -0.2) is 15.0 Å². The van der Waals surface area contributed by atoms with Crippen molar-refractivity contribution in [1.82, 2.24) is 25.3 Å². The number of aromatic amines is 1. The molecule has 1 aromatic carbocycles. The van der Waals surface area contributed by atoms with Crippen LogP contribution in [0, 0.1) is 0 Å². The van der Waals surface area contributed by atoms with Gasteiger partial charge in [-0.3, -0.25) is 9.59 Å². The molecule has 3 rings (SSSR count). The zero-order valence-electron chi connectivity index (χ0n) is 13.4. The molecular formula is C17H15N5O3. The van der Waals surface area contributed by atoms with Gasteiger partial charge in [0, 0.05) is 11.6 Å². The van der Waals surface area contributed by atoms with Crippen LogP contribution in [0.3, 0.4) is 0 Å². The number of benzene rings is 1. The van der Waals surface area contributed by atoms with Crippen LogP contribution in [0.15, 0.2) is 53.8 Å². The molecule has 0 aliphatic heterocycles. The molecule has 0 bridgehead atoms. The van der Waals surface area contributed by atoms with Crippen LogP contribution < -0.4 is 15.6 Å². The number of nitrogens with zero attached hydrogens (tertiary/aromatic N) is 3. The Hall–Kier alpha value is -3.55. The van der Waals surface area contributed by atoms with Gasteiger partial charge in [0.2, 0.25) is 0 Å². The summed E-state index contributed by atoms with van der Waals surface area (Å²) in [6, 6.07) is 10.4. The molecule has 0 spiro atoms. The van der Waals surface area contributed by atoms with Crippen LogP contribution in [-0.4, -0.2) is 33.0 Å². The molecule has 0 atom stereocenters. The SMILES string of the molecule is COc1ccc(-c2cc(CNC(=O)c3cc(=O)[nH]cn3)ncn2)cc1. The number of aromatic nitrogens is 4. The lowest BCUT2D eigenvalue weighted by atomic mass is 10.1. The van der Waals surface area contributed by atoms with Gasteiger partial charge in [-0.1, -0.05) is 0 Å². The maximum absolute atomic E-state index is 12.0. The van der Waals surface area contributed by atoms with Crippen LogP contribution in [0.25, 0.3) is 11.3 Å². The van der Waals surface area contributed by atoms with E-state index >= 15 is 0 Å². The van der Waals surface area contributed by atoms with Crippen LogP contribution in [0.2, 0.25) is 0 Å². The molecule has 0 saturated carbocycles. The maximum atomic E-state index is 12.0. The first-order valence-corrected chi connectivity index (χ1v) is 7.44. The summed E-state index contributed by atoms with van der Waals surface area (Å²) < 4.78 is 5.13. The van der Waals surface area contributed by atoms with Crippen molar-refractivity contribution in [2.45, 2.75) is 6.54 Å². The predicted molar refractivity (Wildman–Crippen MR) is 90.0 cm³/mol. The number of hydrogen-bond acceptors (Lipinski definition) is 6. The van der Waals surface area contributed by atoms with Crippen molar-refractivity contribution >= 4 is 5.91 Å². The van der Waals surface area contributed by atoms with E-state index in [1.807, 2.05) is 24.3 Å². The predicted octanol–water partition coefficient (Wildman–Crippen LogP) is 1.17. The van der Waals surface area contributed by atoms with Gasteiger partial charge < -0.3 is 15.0 Å². The number of carbonyl (C=O) groups is 1. The van der Waals surface area contributed by atoms with Crippen molar-refractivity contribution in [1.29, 1.82) is 0 Å². The summed E-state index contributed by atoms with van der Waals surface area (Å²) in [5.41, 5.74) is 1.94. The number of amides is 1. The Kier molecular flexibility index (Phi) is 4.79. The fourth-order valence-corrected chi connectivity index (χ4v) is 2.17. The molecule has 0 aliphatic carbocycles. The molecule has 1 amide bonds. The maximum Gasteiger partial charge on any atom is 0.270 e. The van der Waals surface area contributed by atoms with Crippen LogP contribution in [-0.2, 0) is 6.54 Å². The monoisotopic (exact) mass is 337 g/mol. The molecule has 0 unspecified atom stereocenters. The number of H-pyrrole nitrogens is 1. The van der Waals surface area contributed by atoms with E-state index < -0.39 is 5.91 Å². The quantitative estimate of drug-likeness (QED) is 0.723. The molecule has 126 valence electrons. The third-order valence-corrected chi connectivity index (χ3v) is 3.45. The Morgan fingerprint density at radius 1 is 1.16 bits per heavy atom. The Balaban J connectivity index is 1.71. The van der Waals surface area contributed by atoms with Gasteiger partial charge in [-0.15, -0.1) is 0 Å². The normalized spacial score (nSPS) is 10.3. The third kappa shape index (κ3) is 4.05. The first-order valence-electron chi connectivity index (χ1n) is 7.44. The van der Waals surface area contributed by atoms with Crippen molar-refractivity contribution in [3.8, 4) is 17.0 Å². The molecule has 0 saturated heterocycles. The lowest BCUT2D eigenvalue weighted by molar-refractivity contribution is 0.0945. The Labute approximate surface area is 143 Å². The van der Waals surface area contributed by atoms with E-state index in [1.54, 1.807) is 13.2 Å². The summed E-state index contributed by atoms with van der Waals surface area (Å²) in [4.78, 5) is 37.8. The molecule has 25 heavy (non-hydrogen) atoms. The van der Waals surface area contributed by atoms with Crippen molar-refractivity contribution in [2.75, 3.05) is 7.11 Å². The van der Waals surface area contributed by atoms with Crippen molar-refractivity contribution < 1.29 is 9.53 Å². The highest BCUT2D eigenvalue weighted by atomic mass is 16.5. The number of ether oxygens (including phenoxy) is 1. The summed E-state index contributed by atoms with van der Waals surface area (Å²) in [6.45, 7) is 0.193. The largest absolute Gasteiger partial charge is 0.497 e.